The summed E-state index contributed by atoms with van der Waals surface area (Å²) in [5.41, 5.74) is 1.86. The van der Waals surface area contributed by atoms with E-state index in [-0.39, 0.29) is 11.8 Å². The number of thiophene rings is 1. The first-order chi connectivity index (χ1) is 12.4. The number of likely N-dealkylation sites (N-methyl/N-ethyl adjacent to an activating group) is 1. The predicted octanol–water partition coefficient (Wildman–Crippen LogP) is 2.06. The minimum absolute atomic E-state index is 0.159. The van der Waals surface area contributed by atoms with Crippen LogP contribution in [0.3, 0.4) is 0 Å². The highest BCUT2D eigenvalue weighted by atomic mass is 32.1. The number of carbonyl (C=O) groups excluding carboxylic acids is 2. The summed E-state index contributed by atoms with van der Waals surface area (Å²) in [5.74, 6) is -0.465. The van der Waals surface area contributed by atoms with Gasteiger partial charge in [-0.1, -0.05) is 6.07 Å². The monoisotopic (exact) mass is 371 g/mol. The van der Waals surface area contributed by atoms with Crippen molar-refractivity contribution in [1.29, 1.82) is 0 Å². The Balaban J connectivity index is 1.92. The summed E-state index contributed by atoms with van der Waals surface area (Å²) in [5, 5.41) is 9.85. The molecule has 1 N–H and O–H groups in total. The molecular formula is C18H21N5O2S. The Morgan fingerprint density at radius 3 is 2.81 bits per heavy atom. The van der Waals surface area contributed by atoms with Crippen molar-refractivity contribution in [2.45, 2.75) is 26.4 Å². The zero-order valence-electron chi connectivity index (χ0n) is 15.2. The van der Waals surface area contributed by atoms with Crippen molar-refractivity contribution in [2.24, 2.45) is 0 Å². The topological polar surface area (TPSA) is 80.1 Å². The molecule has 8 heteroatoms. The molecule has 26 heavy (non-hydrogen) atoms. The summed E-state index contributed by atoms with van der Waals surface area (Å²) < 4.78 is 1.79. The first kappa shape index (κ1) is 18.1. The van der Waals surface area contributed by atoms with Crippen LogP contribution in [0.1, 0.15) is 27.9 Å². The molecule has 0 bridgehead atoms. The first-order valence-corrected chi connectivity index (χ1v) is 9.12. The zero-order chi connectivity index (χ0) is 18.8. The number of aryl methyl sites for hydroxylation is 1. The van der Waals surface area contributed by atoms with Gasteiger partial charge in [0.25, 0.3) is 5.91 Å². The molecule has 0 saturated carbocycles. The van der Waals surface area contributed by atoms with Crippen LogP contribution in [-0.4, -0.2) is 51.6 Å². The van der Waals surface area contributed by atoms with Crippen LogP contribution < -0.4 is 5.32 Å². The second kappa shape index (κ2) is 7.25. The lowest BCUT2D eigenvalue weighted by Gasteiger charge is -2.18. The third-order valence-corrected chi connectivity index (χ3v) is 4.89. The largest absolute Gasteiger partial charge is 0.347 e. The van der Waals surface area contributed by atoms with E-state index >= 15 is 0 Å². The summed E-state index contributed by atoms with van der Waals surface area (Å²) in [7, 11) is 3.32. The molecule has 3 aromatic heterocycles. The number of nitrogens with zero attached hydrogens (tertiary/aromatic N) is 4. The fraction of sp³-hybridized carbons (Fsp3) is 0.333. The molecule has 0 radical (unpaired) electrons. The molecule has 0 saturated heterocycles. The van der Waals surface area contributed by atoms with Crippen LogP contribution in [0.5, 0.6) is 0 Å². The van der Waals surface area contributed by atoms with Gasteiger partial charge in [0.15, 0.2) is 5.65 Å². The Bertz CT molecular complexity index is 946. The maximum atomic E-state index is 12.7. The zero-order valence-corrected chi connectivity index (χ0v) is 16.0. The minimum Gasteiger partial charge on any atom is -0.347 e. The lowest BCUT2D eigenvalue weighted by atomic mass is 10.1. The molecule has 0 aliphatic carbocycles. The molecule has 1 atom stereocenters. The quantitative estimate of drug-likeness (QED) is 0.744. The Morgan fingerprint density at radius 1 is 1.38 bits per heavy atom. The Hall–Kier alpha value is -2.74. The number of hydrogen-bond donors (Lipinski definition) is 1. The molecule has 3 rings (SSSR count). The Labute approximate surface area is 155 Å². The molecule has 0 aliphatic heterocycles. The van der Waals surface area contributed by atoms with E-state index in [0.29, 0.717) is 23.1 Å². The smallest absolute Gasteiger partial charge is 0.252 e. The van der Waals surface area contributed by atoms with Gasteiger partial charge >= 0.3 is 0 Å². The van der Waals surface area contributed by atoms with Crippen LogP contribution in [0.25, 0.3) is 11.0 Å². The first-order valence-electron chi connectivity index (χ1n) is 8.24. The number of aromatic nitrogens is 3. The van der Waals surface area contributed by atoms with E-state index in [1.807, 2.05) is 24.4 Å². The van der Waals surface area contributed by atoms with E-state index in [1.165, 1.54) is 4.90 Å². The van der Waals surface area contributed by atoms with Gasteiger partial charge in [0.2, 0.25) is 5.91 Å². The van der Waals surface area contributed by atoms with Crippen LogP contribution in [-0.2, 0) is 11.3 Å². The lowest BCUT2D eigenvalue weighted by Crippen LogP contribution is -2.44. The third kappa shape index (κ3) is 3.60. The average molecular weight is 371 g/mol. The van der Waals surface area contributed by atoms with Gasteiger partial charge in [-0.2, -0.15) is 5.10 Å². The normalized spacial score (nSPS) is 12.2. The summed E-state index contributed by atoms with van der Waals surface area (Å²) in [6.07, 6.45) is 1.66. The van der Waals surface area contributed by atoms with Crippen molar-refractivity contribution in [3.8, 4) is 0 Å². The molecule has 1 unspecified atom stereocenters. The fourth-order valence-corrected chi connectivity index (χ4v) is 3.44. The number of amides is 2. The number of hydrogen-bond acceptors (Lipinski definition) is 5. The Morgan fingerprint density at radius 2 is 2.15 bits per heavy atom. The number of fused-ring (bicyclic) bond motifs is 1. The van der Waals surface area contributed by atoms with Crippen LogP contribution in [0.15, 0.2) is 29.8 Å². The van der Waals surface area contributed by atoms with E-state index in [4.69, 9.17) is 0 Å². The van der Waals surface area contributed by atoms with Gasteiger partial charge in [-0.15, -0.1) is 11.3 Å². The van der Waals surface area contributed by atoms with Crippen LogP contribution >= 0.6 is 11.3 Å². The van der Waals surface area contributed by atoms with Gasteiger partial charge in [0, 0.05) is 24.7 Å². The van der Waals surface area contributed by atoms with E-state index in [1.54, 1.807) is 49.3 Å². The summed E-state index contributed by atoms with van der Waals surface area (Å²) in [6.45, 7) is 4.12. The van der Waals surface area contributed by atoms with Gasteiger partial charge in [-0.25, -0.2) is 9.67 Å². The fourth-order valence-electron chi connectivity index (χ4n) is 2.75. The van der Waals surface area contributed by atoms with Crippen LogP contribution in [0.4, 0.5) is 0 Å². The van der Waals surface area contributed by atoms with Crippen molar-refractivity contribution in [1.82, 2.24) is 25.0 Å². The van der Waals surface area contributed by atoms with E-state index in [0.717, 1.165) is 10.6 Å². The molecule has 2 amide bonds. The highest BCUT2D eigenvalue weighted by molar-refractivity contribution is 7.09. The predicted molar refractivity (Wildman–Crippen MR) is 101 cm³/mol. The van der Waals surface area contributed by atoms with E-state index in [9.17, 15) is 9.59 Å². The molecule has 0 spiro atoms. The summed E-state index contributed by atoms with van der Waals surface area (Å²) in [4.78, 5) is 31.9. The van der Waals surface area contributed by atoms with Crippen molar-refractivity contribution in [3.63, 3.8) is 0 Å². The maximum Gasteiger partial charge on any atom is 0.252 e. The molecule has 0 fully saturated rings. The summed E-state index contributed by atoms with van der Waals surface area (Å²) in [6, 6.07) is 5.15. The van der Waals surface area contributed by atoms with Crippen molar-refractivity contribution >= 4 is 34.2 Å². The highest BCUT2D eigenvalue weighted by Crippen LogP contribution is 2.20. The molecule has 3 aromatic rings. The van der Waals surface area contributed by atoms with Gasteiger partial charge in [-0.3, -0.25) is 9.59 Å². The molecule has 0 aromatic carbocycles. The van der Waals surface area contributed by atoms with Gasteiger partial charge in [0.1, 0.15) is 6.04 Å². The van der Waals surface area contributed by atoms with Crippen LogP contribution in [0.2, 0.25) is 0 Å². The van der Waals surface area contributed by atoms with E-state index < -0.39 is 6.04 Å². The minimum atomic E-state index is -0.609. The number of pyridine rings is 1. The summed E-state index contributed by atoms with van der Waals surface area (Å²) >= 11 is 1.65. The highest BCUT2D eigenvalue weighted by Gasteiger charge is 2.21. The van der Waals surface area contributed by atoms with Crippen LogP contribution in [0, 0.1) is 6.92 Å². The standard InChI is InChI=1S/C18H21N5O2S/c1-11-8-14(17(24)21-12(2)18(25)22(3)4)15-9-19-23(16(15)20-11)10-13-6-5-7-26-13/h5-9,12H,10H2,1-4H3,(H,21,24). The molecule has 3 heterocycles. The Kier molecular flexibility index (Phi) is 5.03. The van der Waals surface area contributed by atoms with Crippen molar-refractivity contribution in [2.75, 3.05) is 14.1 Å². The maximum absolute atomic E-state index is 12.7. The van der Waals surface area contributed by atoms with Gasteiger partial charge in [-0.05, 0) is 31.4 Å². The number of carbonyl (C=O) groups is 2. The second-order valence-electron chi connectivity index (χ2n) is 6.36. The lowest BCUT2D eigenvalue weighted by molar-refractivity contribution is -0.130. The van der Waals surface area contributed by atoms with E-state index in [2.05, 4.69) is 15.4 Å². The molecular weight excluding hydrogens is 350 g/mol. The van der Waals surface area contributed by atoms with Crippen molar-refractivity contribution in [3.05, 3.63) is 45.9 Å². The molecule has 7 nitrogen and oxygen atoms in total. The second-order valence-corrected chi connectivity index (χ2v) is 7.39. The third-order valence-electron chi connectivity index (χ3n) is 4.03. The van der Waals surface area contributed by atoms with Gasteiger partial charge < -0.3 is 10.2 Å². The molecule has 0 aliphatic rings. The number of rotatable bonds is 5. The SMILES string of the molecule is Cc1cc(C(=O)NC(C)C(=O)N(C)C)c2cnn(Cc3cccs3)c2n1. The van der Waals surface area contributed by atoms with Gasteiger partial charge in [0.05, 0.1) is 23.7 Å². The molecule has 136 valence electrons. The average Bonchev–Trinajstić information content (AvgIpc) is 3.24. The van der Waals surface area contributed by atoms with Crippen molar-refractivity contribution < 1.29 is 9.59 Å². The number of nitrogens with one attached hydrogen (secondary N) is 1.